The molecule has 0 aromatic rings. The molecule has 0 aliphatic carbocycles. The van der Waals surface area contributed by atoms with E-state index in [0.717, 1.165) is 87.3 Å². The van der Waals surface area contributed by atoms with E-state index in [4.69, 9.17) is 37.9 Å². The second kappa shape index (κ2) is 76.9. The van der Waals surface area contributed by atoms with E-state index >= 15 is 0 Å². The Morgan fingerprint density at radius 1 is 0.222 bits per heavy atom. The largest absolute Gasteiger partial charge is 1.00 e. The maximum absolute atomic E-state index is 10.7. The number of likely N-dealkylation sites (N-methyl/N-ethyl adjacent to an activating group) is 2. The Labute approximate surface area is 583 Å². The first kappa shape index (κ1) is 94.7. The molecule has 0 amide bonds. The number of rotatable bonds is 78. The van der Waals surface area contributed by atoms with Crippen LogP contribution in [0.3, 0.4) is 0 Å². The molecule has 13 heteroatoms. The van der Waals surface area contributed by atoms with Crippen LogP contribution in [0.5, 0.6) is 0 Å². The van der Waals surface area contributed by atoms with Crippen LogP contribution in [0.2, 0.25) is 0 Å². The van der Waals surface area contributed by atoms with Gasteiger partial charge in [-0.3, -0.25) is 0 Å². The Bertz CT molecular complexity index is 1220. The van der Waals surface area contributed by atoms with Crippen molar-refractivity contribution in [1.29, 1.82) is 0 Å². The highest BCUT2D eigenvalue weighted by molar-refractivity contribution is 4.61. The van der Waals surface area contributed by atoms with E-state index in [2.05, 4.69) is 55.9 Å². The fourth-order valence-corrected chi connectivity index (χ4v) is 11.6. The zero-order valence-corrected chi connectivity index (χ0v) is 64.9. The summed E-state index contributed by atoms with van der Waals surface area (Å²) in [5.74, 6) is 0. The van der Waals surface area contributed by atoms with Gasteiger partial charge in [0.25, 0.3) is 0 Å². The van der Waals surface area contributed by atoms with Gasteiger partial charge in [0, 0.05) is 26.4 Å². The van der Waals surface area contributed by atoms with Crippen LogP contribution in [-0.2, 0) is 37.9 Å². The second-order valence-corrected chi connectivity index (χ2v) is 28.4. The van der Waals surface area contributed by atoms with Crippen molar-refractivity contribution >= 4 is 0 Å². The quantitative estimate of drug-likeness (QED) is 0.0472. The lowest BCUT2D eigenvalue weighted by atomic mass is 10.1. The minimum absolute atomic E-state index is 0. The molecule has 0 rings (SSSR count). The molecule has 0 aromatic carbocycles. The van der Waals surface area contributed by atoms with Crippen LogP contribution in [0, 0.1) is 0 Å². The maximum Gasteiger partial charge on any atom is 0.104 e. The molecule has 2 atom stereocenters. The average Bonchev–Trinajstić information content (AvgIpc) is 3.60. The van der Waals surface area contributed by atoms with E-state index in [0.29, 0.717) is 52.9 Å². The number of nitrogens with zero attached hydrogens (tertiary/aromatic N) is 2. The van der Waals surface area contributed by atoms with E-state index in [9.17, 15) is 5.11 Å². The topological polar surface area (TPSA) is 94.1 Å². The third kappa shape index (κ3) is 75.9. The first-order chi connectivity index (χ1) is 43.1. The molecular weight excluding hydrogens is 1260 g/mol. The summed E-state index contributed by atoms with van der Waals surface area (Å²) in [6.45, 7) is 21.1. The number of unbranched alkanes of at least 4 members (excludes halogenated alkanes) is 44. The number of quaternary nitrogens is 2. The molecule has 0 aliphatic heterocycles. The van der Waals surface area contributed by atoms with Gasteiger partial charge < -0.3 is 85.9 Å². The summed E-state index contributed by atoms with van der Waals surface area (Å²) < 4.78 is 51.2. The van der Waals surface area contributed by atoms with Gasteiger partial charge in [0.2, 0.25) is 0 Å². The third-order valence-electron chi connectivity index (χ3n) is 18.2. The number of aliphatic hydroxyl groups is 1. The molecule has 11 nitrogen and oxygen atoms in total. The second-order valence-electron chi connectivity index (χ2n) is 28.4. The normalized spacial score (nSPS) is 13.0. The Kier molecular flexibility index (Phi) is 80.9. The van der Waals surface area contributed by atoms with E-state index in [1.807, 2.05) is 0 Å². The monoisotopic (exact) mass is 1420 g/mol. The molecule has 2 unspecified atom stereocenters. The van der Waals surface area contributed by atoms with Crippen LogP contribution in [0.25, 0.3) is 0 Å². The van der Waals surface area contributed by atoms with Gasteiger partial charge in [-0.25, -0.2) is 0 Å². The van der Waals surface area contributed by atoms with E-state index in [1.165, 1.54) is 283 Å². The molecular formula is C77H160Br2N2O9. The van der Waals surface area contributed by atoms with Crippen LogP contribution < -0.4 is 34.0 Å². The summed E-state index contributed by atoms with van der Waals surface area (Å²) in [5, 5.41) is 10.7. The Morgan fingerprint density at radius 2 is 0.389 bits per heavy atom. The van der Waals surface area contributed by atoms with Crippen LogP contribution in [-0.4, -0.2) is 179 Å². The first-order valence-corrected chi connectivity index (χ1v) is 39.1. The van der Waals surface area contributed by atoms with Crippen molar-refractivity contribution in [2.75, 3.05) is 147 Å². The smallest absolute Gasteiger partial charge is 0.104 e. The van der Waals surface area contributed by atoms with Gasteiger partial charge in [0.15, 0.2) is 0 Å². The molecule has 546 valence electrons. The summed E-state index contributed by atoms with van der Waals surface area (Å²) in [7, 11) is 8.89. The predicted molar refractivity (Wildman–Crippen MR) is 378 cm³/mol. The summed E-state index contributed by atoms with van der Waals surface area (Å²) in [6, 6.07) is 0. The van der Waals surface area contributed by atoms with E-state index in [1.54, 1.807) is 0 Å². The fraction of sp³-hybridized carbons (Fsp3) is 1.00. The Morgan fingerprint density at radius 3 is 0.600 bits per heavy atom. The molecule has 0 saturated heterocycles. The van der Waals surface area contributed by atoms with Crippen molar-refractivity contribution in [1.82, 2.24) is 0 Å². The minimum atomic E-state index is -0.652. The summed E-state index contributed by atoms with van der Waals surface area (Å²) in [6.07, 6.45) is 64.0. The SMILES string of the molecule is CCCCCCCCCCCCCCOCC(COCC[N+](C)(C)CCOCC(O)COCC[N+](C)(C)CCOCC(COCCCCCCCCCCCCCC)OCCCCCCCCCCCCCC)OCCCCCCCCCCCCCC.[Br-].[Br-]. The van der Waals surface area contributed by atoms with Gasteiger partial charge in [0.05, 0.1) is 94.3 Å². The summed E-state index contributed by atoms with van der Waals surface area (Å²) in [4.78, 5) is 0. The highest BCUT2D eigenvalue weighted by Gasteiger charge is 2.19. The van der Waals surface area contributed by atoms with Gasteiger partial charge in [-0.15, -0.1) is 0 Å². The zero-order chi connectivity index (χ0) is 64.1. The number of halogens is 2. The van der Waals surface area contributed by atoms with Crippen LogP contribution in [0.15, 0.2) is 0 Å². The molecule has 0 spiro atoms. The standard InChI is InChI=1S/C77H160N2O9.2BrH/c1-9-13-17-21-25-29-33-37-41-45-49-53-61-81-71-76(87-63-55-51-47-43-39-35-31-27-23-19-15-11-3)73-85-67-59-78(5,6)57-65-83-69-75(80)70-84-66-58-79(7,8)60-68-86-74-77(88-64-56-52-48-44-40-36-32-28-24-20-16-12-4)72-82-62-54-50-46-42-38-34-30-26-22-18-14-10-2;;/h75-77,80H,9-74H2,1-8H3;2*1H/q+2;;/p-2. The van der Waals surface area contributed by atoms with Gasteiger partial charge in [0.1, 0.15) is 44.5 Å². The number of aliphatic hydroxyl groups excluding tert-OH is 1. The molecule has 0 saturated carbocycles. The maximum atomic E-state index is 10.7. The molecule has 0 fully saturated rings. The molecule has 0 aromatic heterocycles. The first-order valence-electron chi connectivity index (χ1n) is 39.1. The highest BCUT2D eigenvalue weighted by atomic mass is 79.9. The van der Waals surface area contributed by atoms with Crippen molar-refractivity contribution in [3.8, 4) is 0 Å². The molecule has 0 radical (unpaired) electrons. The molecule has 90 heavy (non-hydrogen) atoms. The van der Waals surface area contributed by atoms with Gasteiger partial charge >= 0.3 is 0 Å². The van der Waals surface area contributed by atoms with Crippen molar-refractivity contribution < 1.29 is 85.9 Å². The number of ether oxygens (including phenoxy) is 8. The lowest BCUT2D eigenvalue weighted by molar-refractivity contribution is -0.891. The van der Waals surface area contributed by atoms with Crippen LogP contribution in [0.4, 0.5) is 0 Å². The lowest BCUT2D eigenvalue weighted by Gasteiger charge is -2.30. The van der Waals surface area contributed by atoms with Crippen molar-refractivity contribution in [3.63, 3.8) is 0 Å². The number of hydrogen-bond donors (Lipinski definition) is 1. The summed E-state index contributed by atoms with van der Waals surface area (Å²) in [5.41, 5.74) is 0. The molecule has 1 N–H and O–H groups in total. The Hall–Kier alpha value is 0.520. The van der Waals surface area contributed by atoms with Crippen molar-refractivity contribution in [3.05, 3.63) is 0 Å². The Balaban J connectivity index is -0.0000378. The average molecular weight is 1420 g/mol. The minimum Gasteiger partial charge on any atom is -1.00 e. The number of hydrogen-bond acceptors (Lipinski definition) is 9. The van der Waals surface area contributed by atoms with Crippen LogP contribution in [0.1, 0.15) is 336 Å². The highest BCUT2D eigenvalue weighted by Crippen LogP contribution is 2.17. The van der Waals surface area contributed by atoms with Crippen molar-refractivity contribution in [2.24, 2.45) is 0 Å². The molecule has 0 aliphatic rings. The van der Waals surface area contributed by atoms with Crippen molar-refractivity contribution in [2.45, 2.75) is 354 Å². The fourth-order valence-electron chi connectivity index (χ4n) is 11.6. The third-order valence-corrected chi connectivity index (χ3v) is 18.2. The van der Waals surface area contributed by atoms with E-state index < -0.39 is 6.10 Å². The van der Waals surface area contributed by atoms with Gasteiger partial charge in [-0.05, 0) is 25.7 Å². The summed E-state index contributed by atoms with van der Waals surface area (Å²) >= 11 is 0. The van der Waals surface area contributed by atoms with E-state index in [-0.39, 0.29) is 59.4 Å². The van der Waals surface area contributed by atoms with Crippen LogP contribution >= 0.6 is 0 Å². The van der Waals surface area contributed by atoms with Gasteiger partial charge in [-0.2, -0.15) is 0 Å². The predicted octanol–water partition coefficient (Wildman–Crippen LogP) is 14.2. The van der Waals surface area contributed by atoms with Gasteiger partial charge in [-0.1, -0.05) is 310 Å². The molecule has 0 bridgehead atoms. The zero-order valence-electron chi connectivity index (χ0n) is 61.8. The molecule has 0 heterocycles. The lowest BCUT2D eigenvalue weighted by Crippen LogP contribution is -3.00.